The van der Waals surface area contributed by atoms with Crippen LogP contribution in [-0.4, -0.2) is 92.6 Å². The zero-order valence-electron chi connectivity index (χ0n) is 18.8. The van der Waals surface area contributed by atoms with Crippen molar-refractivity contribution in [2.45, 2.75) is 77.5 Å². The van der Waals surface area contributed by atoms with Gasteiger partial charge in [0.2, 0.25) is 23.6 Å². The Labute approximate surface area is 167 Å². The van der Waals surface area contributed by atoms with Crippen LogP contribution in [0.2, 0.25) is 0 Å². The average Bonchev–Trinajstić information content (AvgIpc) is 2.58. The molecule has 0 aromatic carbocycles. The van der Waals surface area contributed by atoms with Crippen molar-refractivity contribution >= 4 is 23.6 Å². The molecule has 8 heteroatoms. The van der Waals surface area contributed by atoms with Crippen molar-refractivity contribution in [3.05, 3.63) is 0 Å². The van der Waals surface area contributed by atoms with Gasteiger partial charge in [0, 0.05) is 27.2 Å². The summed E-state index contributed by atoms with van der Waals surface area (Å²) in [5.74, 6) is -1.05. The Morgan fingerprint density at radius 1 is 0.500 bits per heavy atom. The first-order chi connectivity index (χ1) is 12.4. The number of amides is 4. The van der Waals surface area contributed by atoms with Gasteiger partial charge in [0.15, 0.2) is 0 Å². The lowest BCUT2D eigenvalue weighted by Gasteiger charge is -2.56. The number of rotatable bonds is 3. The molecular formula is C20H34N4O4. The third-order valence-electron chi connectivity index (χ3n) is 6.56. The summed E-state index contributed by atoms with van der Waals surface area (Å²) in [6.45, 7) is 15.1. The molecule has 4 amide bonds. The van der Waals surface area contributed by atoms with Crippen LogP contribution in [0.25, 0.3) is 0 Å². The van der Waals surface area contributed by atoms with Gasteiger partial charge in [-0.25, -0.2) is 0 Å². The van der Waals surface area contributed by atoms with Crippen LogP contribution in [0.1, 0.15) is 55.4 Å². The fraction of sp³-hybridized carbons (Fsp3) is 0.800. The van der Waals surface area contributed by atoms with Gasteiger partial charge in [-0.1, -0.05) is 0 Å². The summed E-state index contributed by atoms with van der Waals surface area (Å²) in [5.41, 5.74) is -3.55. The van der Waals surface area contributed by atoms with E-state index in [1.54, 1.807) is 55.4 Å². The van der Waals surface area contributed by atoms with Crippen molar-refractivity contribution in [3.63, 3.8) is 0 Å². The Hall–Kier alpha value is -1.80. The van der Waals surface area contributed by atoms with Crippen molar-refractivity contribution in [3.8, 4) is 0 Å². The standard InChI is InChI=1S/C20H34N4O4/c1-17(2)13(25)21(9)14(26)18(3,4)23(17)11-12-24-19(5,6)15(27)22(10)16(28)20(24,7)8/h11-12H2,1-10H3. The molecule has 0 aliphatic carbocycles. The smallest absolute Gasteiger partial charge is 0.248 e. The van der Waals surface area contributed by atoms with E-state index in [0.29, 0.717) is 13.1 Å². The van der Waals surface area contributed by atoms with E-state index >= 15 is 0 Å². The molecule has 2 aliphatic heterocycles. The SMILES string of the molecule is CN1C(=O)C(C)(C)N(CCN2C(C)(C)C(=O)N(C)C(=O)C2(C)C)C(C)(C)C1=O. The molecule has 0 atom stereocenters. The molecule has 0 N–H and O–H groups in total. The second-order valence-corrected chi connectivity index (χ2v) is 9.88. The summed E-state index contributed by atoms with van der Waals surface area (Å²) in [5, 5.41) is 0. The van der Waals surface area contributed by atoms with Crippen LogP contribution in [0.4, 0.5) is 0 Å². The lowest BCUT2D eigenvalue weighted by molar-refractivity contribution is -0.179. The lowest BCUT2D eigenvalue weighted by atomic mass is 9.84. The number of nitrogens with zero attached hydrogens (tertiary/aromatic N) is 4. The quantitative estimate of drug-likeness (QED) is 0.656. The van der Waals surface area contributed by atoms with Gasteiger partial charge in [-0.05, 0) is 55.4 Å². The monoisotopic (exact) mass is 394 g/mol. The molecule has 2 fully saturated rings. The second kappa shape index (κ2) is 6.35. The topological polar surface area (TPSA) is 81.2 Å². The molecule has 0 aromatic heterocycles. The van der Waals surface area contributed by atoms with Gasteiger partial charge in [0.1, 0.15) is 0 Å². The van der Waals surface area contributed by atoms with Gasteiger partial charge < -0.3 is 0 Å². The summed E-state index contributed by atoms with van der Waals surface area (Å²) in [6.07, 6.45) is 0. The van der Waals surface area contributed by atoms with Crippen LogP contribution in [0.15, 0.2) is 0 Å². The van der Waals surface area contributed by atoms with Gasteiger partial charge in [-0.15, -0.1) is 0 Å². The Kier molecular flexibility index (Phi) is 5.10. The molecule has 2 heterocycles. The van der Waals surface area contributed by atoms with E-state index in [2.05, 4.69) is 0 Å². The van der Waals surface area contributed by atoms with Crippen LogP contribution in [0.5, 0.6) is 0 Å². The predicted molar refractivity (Wildman–Crippen MR) is 105 cm³/mol. The maximum atomic E-state index is 12.7. The molecule has 0 spiro atoms. The zero-order valence-corrected chi connectivity index (χ0v) is 18.8. The van der Waals surface area contributed by atoms with E-state index < -0.39 is 22.2 Å². The largest absolute Gasteiger partial charge is 0.283 e. The second-order valence-electron chi connectivity index (χ2n) is 9.88. The van der Waals surface area contributed by atoms with Gasteiger partial charge >= 0.3 is 0 Å². The molecule has 2 aliphatic rings. The molecule has 0 aromatic rings. The number of imide groups is 2. The van der Waals surface area contributed by atoms with E-state index in [9.17, 15) is 19.2 Å². The maximum absolute atomic E-state index is 12.7. The molecule has 2 rings (SSSR count). The molecule has 0 bridgehead atoms. The summed E-state index contributed by atoms with van der Waals surface area (Å²) < 4.78 is 0. The maximum Gasteiger partial charge on any atom is 0.248 e. The van der Waals surface area contributed by atoms with E-state index in [-0.39, 0.29) is 23.6 Å². The minimum atomic E-state index is -0.888. The highest BCUT2D eigenvalue weighted by molar-refractivity contribution is 6.06. The highest BCUT2D eigenvalue weighted by Crippen LogP contribution is 2.36. The van der Waals surface area contributed by atoms with Gasteiger partial charge in [-0.3, -0.25) is 38.8 Å². The first kappa shape index (κ1) is 22.5. The fourth-order valence-electron chi connectivity index (χ4n) is 5.00. The highest BCUT2D eigenvalue weighted by Gasteiger charge is 2.57. The summed E-state index contributed by atoms with van der Waals surface area (Å²) in [7, 11) is 3.02. The van der Waals surface area contributed by atoms with Crippen LogP contribution in [0.3, 0.4) is 0 Å². The zero-order chi connectivity index (χ0) is 22.0. The van der Waals surface area contributed by atoms with Gasteiger partial charge in [0.05, 0.1) is 22.2 Å². The Bertz CT molecular complexity index is 620. The minimum absolute atomic E-state index is 0.263. The third-order valence-corrected chi connectivity index (χ3v) is 6.56. The Morgan fingerprint density at radius 3 is 0.857 bits per heavy atom. The lowest BCUT2D eigenvalue weighted by Crippen LogP contribution is -2.76. The number of carbonyl (C=O) groups excluding carboxylic acids is 4. The normalized spacial score (nSPS) is 27.5. The van der Waals surface area contributed by atoms with E-state index in [4.69, 9.17) is 0 Å². The van der Waals surface area contributed by atoms with Crippen LogP contribution >= 0.6 is 0 Å². The number of carbonyl (C=O) groups is 4. The molecule has 8 nitrogen and oxygen atoms in total. The van der Waals surface area contributed by atoms with Gasteiger partial charge in [-0.2, -0.15) is 0 Å². The summed E-state index contributed by atoms with van der Waals surface area (Å²) >= 11 is 0. The minimum Gasteiger partial charge on any atom is -0.283 e. The average molecular weight is 395 g/mol. The van der Waals surface area contributed by atoms with Crippen molar-refractivity contribution in [1.82, 2.24) is 19.6 Å². The Morgan fingerprint density at radius 2 is 0.679 bits per heavy atom. The summed E-state index contributed by atoms with van der Waals surface area (Å²) in [4.78, 5) is 57.1. The Balaban J connectivity index is 2.39. The molecule has 0 radical (unpaired) electrons. The van der Waals surface area contributed by atoms with Crippen molar-refractivity contribution < 1.29 is 19.2 Å². The molecule has 158 valence electrons. The van der Waals surface area contributed by atoms with E-state index in [1.807, 2.05) is 9.80 Å². The van der Waals surface area contributed by atoms with E-state index in [0.717, 1.165) is 0 Å². The number of likely N-dealkylation sites (N-methyl/N-ethyl adjacent to an activating group) is 2. The van der Waals surface area contributed by atoms with Crippen molar-refractivity contribution in [2.75, 3.05) is 27.2 Å². The predicted octanol–water partition coefficient (Wildman–Crippen LogP) is 0.702. The third kappa shape index (κ3) is 2.88. The van der Waals surface area contributed by atoms with Crippen molar-refractivity contribution in [2.24, 2.45) is 0 Å². The first-order valence-electron chi connectivity index (χ1n) is 9.63. The number of hydrogen-bond acceptors (Lipinski definition) is 6. The molecule has 2 saturated heterocycles. The fourth-order valence-corrected chi connectivity index (χ4v) is 5.00. The summed E-state index contributed by atoms with van der Waals surface area (Å²) in [6, 6.07) is 0. The van der Waals surface area contributed by atoms with Crippen LogP contribution < -0.4 is 0 Å². The highest BCUT2D eigenvalue weighted by atomic mass is 16.2. The van der Waals surface area contributed by atoms with Crippen molar-refractivity contribution in [1.29, 1.82) is 0 Å². The molecule has 28 heavy (non-hydrogen) atoms. The van der Waals surface area contributed by atoms with Gasteiger partial charge in [0.25, 0.3) is 0 Å². The molecule has 0 saturated carbocycles. The first-order valence-corrected chi connectivity index (χ1v) is 9.63. The number of hydrogen-bond donors (Lipinski definition) is 0. The van der Waals surface area contributed by atoms with E-state index in [1.165, 1.54) is 23.9 Å². The number of piperazine rings is 2. The molecular weight excluding hydrogens is 360 g/mol. The van der Waals surface area contributed by atoms with Crippen LogP contribution in [0, 0.1) is 0 Å². The molecule has 0 unspecified atom stereocenters. The van der Waals surface area contributed by atoms with Crippen LogP contribution in [-0.2, 0) is 19.2 Å².